The van der Waals surface area contributed by atoms with Crippen molar-refractivity contribution in [1.82, 2.24) is 0 Å². The lowest BCUT2D eigenvalue weighted by Crippen LogP contribution is -2.39. The van der Waals surface area contributed by atoms with Crippen molar-refractivity contribution < 1.29 is 28.5 Å². The summed E-state index contributed by atoms with van der Waals surface area (Å²) >= 11 is 2.94. The van der Waals surface area contributed by atoms with Crippen molar-refractivity contribution in [2.45, 2.75) is 5.60 Å². The van der Waals surface area contributed by atoms with Crippen molar-refractivity contribution >= 4 is 27.5 Å². The summed E-state index contributed by atoms with van der Waals surface area (Å²) in [6.07, 6.45) is 0.817. The van der Waals surface area contributed by atoms with E-state index in [-0.39, 0.29) is 17.7 Å². The summed E-state index contributed by atoms with van der Waals surface area (Å²) in [5.41, 5.74) is -1.22. The lowest BCUT2D eigenvalue weighted by molar-refractivity contribution is -0.160. The van der Waals surface area contributed by atoms with E-state index in [1.165, 1.54) is 24.3 Å². The Morgan fingerprint density at radius 2 is 1.35 bits per heavy atom. The molecule has 0 heterocycles. The Labute approximate surface area is 187 Å². The van der Waals surface area contributed by atoms with Crippen LogP contribution in [-0.4, -0.2) is 28.6 Å². The molecule has 0 aromatic heterocycles. The molecule has 0 aliphatic heterocycles. The zero-order valence-corrected chi connectivity index (χ0v) is 18.2. The Kier molecular flexibility index (Phi) is 8.90. The van der Waals surface area contributed by atoms with E-state index in [1.54, 1.807) is 30.3 Å². The molecule has 0 aliphatic carbocycles. The average Bonchev–Trinajstić information content (AvgIpc) is 2.81. The maximum Gasteiger partial charge on any atom is 0.348 e. The van der Waals surface area contributed by atoms with E-state index in [0.29, 0.717) is 11.1 Å². The van der Waals surface area contributed by atoms with Crippen molar-refractivity contribution in [2.75, 3.05) is 12.4 Å². The van der Waals surface area contributed by atoms with Crippen LogP contribution in [0.4, 0.5) is 8.78 Å². The van der Waals surface area contributed by atoms with Crippen LogP contribution in [-0.2, 0) is 15.1 Å². The van der Waals surface area contributed by atoms with Gasteiger partial charge in [-0.3, -0.25) is 0 Å². The van der Waals surface area contributed by atoms with Gasteiger partial charge in [0.25, 0.3) is 0 Å². The number of alkyl halides is 1. The first kappa shape index (κ1) is 24.2. The van der Waals surface area contributed by atoms with Gasteiger partial charge in [-0.1, -0.05) is 70.5 Å². The number of esters is 1. The fraction of sp³-hybridized carbons (Fsp3) is 0.125. The molecule has 0 amide bonds. The Bertz CT molecular complexity index is 959. The van der Waals surface area contributed by atoms with Crippen molar-refractivity contribution in [3.63, 3.8) is 0 Å². The first-order valence-electron chi connectivity index (χ1n) is 9.13. The summed E-state index contributed by atoms with van der Waals surface area (Å²) in [6.45, 7) is -0.315. The summed E-state index contributed by atoms with van der Waals surface area (Å²) in [7, 11) is 0. The smallest absolute Gasteiger partial charge is 0.348 e. The van der Waals surface area contributed by atoms with Gasteiger partial charge in [-0.05, 0) is 46.8 Å². The van der Waals surface area contributed by atoms with E-state index >= 15 is 0 Å². The molecular formula is C24H21BrF2O4. The van der Waals surface area contributed by atoms with Crippen molar-refractivity contribution in [3.05, 3.63) is 113 Å². The van der Waals surface area contributed by atoms with Gasteiger partial charge in [0, 0.05) is 5.57 Å². The topological polar surface area (TPSA) is 66.8 Å². The number of carbonyl (C=O) groups excluding carboxylic acids is 1. The van der Waals surface area contributed by atoms with Crippen LogP contribution < -0.4 is 0 Å². The van der Waals surface area contributed by atoms with Gasteiger partial charge in [-0.2, -0.15) is 0 Å². The third-order valence-electron chi connectivity index (χ3n) is 4.48. The molecule has 0 atom stereocenters. The molecule has 7 heteroatoms. The maximum absolute atomic E-state index is 13.3. The van der Waals surface area contributed by atoms with Crippen LogP contribution >= 0.6 is 15.9 Å². The second-order valence-electron chi connectivity index (χ2n) is 6.32. The average molecular weight is 491 g/mol. The molecule has 162 valence electrons. The molecule has 0 saturated carbocycles. The molecule has 3 aromatic rings. The summed E-state index contributed by atoms with van der Waals surface area (Å²) in [5, 5.41) is 20.8. The number of aliphatic hydroxyl groups is 2. The molecule has 2 N–H and O–H groups in total. The second-order valence-corrected chi connectivity index (χ2v) is 6.32. The minimum atomic E-state index is -2.29. The van der Waals surface area contributed by atoms with Crippen LogP contribution in [0.5, 0.6) is 0 Å². The van der Waals surface area contributed by atoms with Crippen molar-refractivity contribution in [3.8, 4) is 0 Å². The number of carbonyl (C=O) groups is 1. The number of aliphatic hydroxyl groups excluding tert-OH is 1. The lowest BCUT2D eigenvalue weighted by atomic mass is 9.86. The zero-order chi connectivity index (χ0) is 22.9. The zero-order valence-electron chi connectivity index (χ0n) is 16.6. The Morgan fingerprint density at radius 3 is 1.77 bits per heavy atom. The molecule has 0 radical (unpaired) electrons. The largest absolute Gasteiger partial charge is 0.515 e. The monoisotopic (exact) mass is 490 g/mol. The van der Waals surface area contributed by atoms with Gasteiger partial charge in [0.15, 0.2) is 0 Å². The molecule has 0 bridgehead atoms. The standard InChI is InChI=1S/C23H18F2O4.CH3Br/c24-20-10-6-18(7-11-20)23(28,19-8-12-21(25)13-9-19)22(27)29-15-17(14-26)16-4-2-1-3-5-16;1-2/h1-14,26,28H,15H2;1H3/b17-14-;. The lowest BCUT2D eigenvalue weighted by Gasteiger charge is -2.27. The summed E-state index contributed by atoms with van der Waals surface area (Å²) in [6, 6.07) is 18.2. The number of hydrogen-bond acceptors (Lipinski definition) is 4. The van der Waals surface area contributed by atoms with Gasteiger partial charge in [0.1, 0.15) is 18.2 Å². The van der Waals surface area contributed by atoms with Gasteiger partial charge < -0.3 is 14.9 Å². The summed E-state index contributed by atoms with van der Waals surface area (Å²) in [4.78, 5) is 12.9. The molecule has 0 spiro atoms. The van der Waals surface area contributed by atoms with Gasteiger partial charge >= 0.3 is 5.97 Å². The Hall–Kier alpha value is -3.03. The number of benzene rings is 3. The van der Waals surface area contributed by atoms with Crippen LogP contribution in [0.25, 0.3) is 5.57 Å². The van der Waals surface area contributed by atoms with E-state index in [2.05, 4.69) is 15.9 Å². The van der Waals surface area contributed by atoms with E-state index in [0.717, 1.165) is 30.5 Å². The molecule has 3 rings (SSSR count). The summed E-state index contributed by atoms with van der Waals surface area (Å²) in [5.74, 6) is -0.324. The number of ether oxygens (including phenoxy) is 1. The molecule has 0 saturated heterocycles. The third kappa shape index (κ3) is 5.77. The molecule has 4 nitrogen and oxygen atoms in total. The Morgan fingerprint density at radius 1 is 0.903 bits per heavy atom. The highest BCUT2D eigenvalue weighted by Gasteiger charge is 2.42. The second kappa shape index (κ2) is 11.4. The molecule has 0 aliphatic rings. The number of hydrogen-bond donors (Lipinski definition) is 2. The Balaban J connectivity index is 0.00000166. The van der Waals surface area contributed by atoms with Crippen LogP contribution in [0.15, 0.2) is 85.1 Å². The number of rotatable bonds is 6. The van der Waals surface area contributed by atoms with E-state index in [4.69, 9.17) is 4.74 Å². The van der Waals surface area contributed by atoms with Crippen molar-refractivity contribution in [1.29, 1.82) is 0 Å². The third-order valence-corrected chi connectivity index (χ3v) is 4.48. The fourth-order valence-corrected chi connectivity index (χ4v) is 2.88. The molecule has 3 aromatic carbocycles. The summed E-state index contributed by atoms with van der Waals surface area (Å²) < 4.78 is 32.0. The van der Waals surface area contributed by atoms with E-state index in [9.17, 15) is 23.8 Å². The van der Waals surface area contributed by atoms with Crippen LogP contribution in [0, 0.1) is 11.6 Å². The SMILES string of the molecule is CBr.O=C(OC/C(=C/O)c1ccccc1)C(O)(c1ccc(F)cc1)c1ccc(F)cc1. The molecular weight excluding hydrogens is 470 g/mol. The first-order chi connectivity index (χ1) is 14.9. The predicted molar refractivity (Wildman–Crippen MR) is 119 cm³/mol. The van der Waals surface area contributed by atoms with Crippen LogP contribution in [0.1, 0.15) is 16.7 Å². The van der Waals surface area contributed by atoms with Crippen LogP contribution in [0.2, 0.25) is 0 Å². The molecule has 31 heavy (non-hydrogen) atoms. The van der Waals surface area contributed by atoms with Gasteiger partial charge in [-0.25, -0.2) is 13.6 Å². The minimum Gasteiger partial charge on any atom is -0.515 e. The first-order valence-corrected chi connectivity index (χ1v) is 10.7. The highest BCUT2D eigenvalue weighted by atomic mass is 79.9. The van der Waals surface area contributed by atoms with E-state index in [1.807, 2.05) is 5.83 Å². The quantitative estimate of drug-likeness (QED) is 0.277. The highest BCUT2D eigenvalue weighted by Crippen LogP contribution is 2.32. The predicted octanol–water partition coefficient (Wildman–Crippen LogP) is 5.35. The normalized spacial score (nSPS) is 11.3. The van der Waals surface area contributed by atoms with Gasteiger partial charge in [0.05, 0.1) is 6.26 Å². The minimum absolute atomic E-state index is 0.0600. The van der Waals surface area contributed by atoms with Crippen LogP contribution in [0.3, 0.4) is 0 Å². The number of halogens is 3. The van der Waals surface area contributed by atoms with Crippen molar-refractivity contribution in [2.24, 2.45) is 0 Å². The fourth-order valence-electron chi connectivity index (χ4n) is 2.88. The van der Waals surface area contributed by atoms with Gasteiger partial charge in [-0.15, -0.1) is 0 Å². The maximum atomic E-state index is 13.3. The molecule has 0 unspecified atom stereocenters. The molecule has 0 fully saturated rings. The van der Waals surface area contributed by atoms with E-state index < -0.39 is 23.2 Å². The highest BCUT2D eigenvalue weighted by molar-refractivity contribution is 9.08. The van der Waals surface area contributed by atoms with Gasteiger partial charge in [0.2, 0.25) is 5.60 Å².